The Morgan fingerprint density at radius 1 is 1.00 bits per heavy atom. The number of halogens is 2. The highest BCUT2D eigenvalue weighted by Gasteiger charge is 2.26. The number of alkyl halides is 2. The van der Waals surface area contributed by atoms with Crippen LogP contribution in [-0.4, -0.2) is 18.3 Å². The van der Waals surface area contributed by atoms with Crippen LogP contribution in [0.2, 0.25) is 0 Å². The molecule has 0 aliphatic rings. The van der Waals surface area contributed by atoms with E-state index in [4.69, 9.17) is 27.9 Å². The minimum atomic E-state index is -0.813. The first-order valence-electron chi connectivity index (χ1n) is 6.15. The van der Waals surface area contributed by atoms with Crippen LogP contribution in [0, 0.1) is 0 Å². The van der Waals surface area contributed by atoms with Gasteiger partial charge in [0.15, 0.2) is 5.78 Å². The average molecular weight is 309 g/mol. The number of benzene rings is 2. The largest absolute Gasteiger partial charge is 0.497 e. The first kappa shape index (κ1) is 14.9. The summed E-state index contributed by atoms with van der Waals surface area (Å²) in [4.78, 5) is 12.3. The number of hydrogen-bond donors (Lipinski definition) is 0. The van der Waals surface area contributed by atoms with Crippen LogP contribution in [0.3, 0.4) is 0 Å². The Morgan fingerprint density at radius 3 is 2.15 bits per heavy atom. The van der Waals surface area contributed by atoms with Crippen molar-refractivity contribution in [2.75, 3.05) is 7.11 Å². The number of methoxy groups -OCH3 is 1. The van der Waals surface area contributed by atoms with E-state index in [9.17, 15) is 4.79 Å². The maximum atomic E-state index is 12.3. The van der Waals surface area contributed by atoms with Crippen LogP contribution in [0.25, 0.3) is 0 Å². The van der Waals surface area contributed by atoms with Gasteiger partial charge in [0, 0.05) is 5.56 Å². The van der Waals surface area contributed by atoms with Crippen LogP contribution in [0.15, 0.2) is 54.6 Å². The molecule has 0 fully saturated rings. The van der Waals surface area contributed by atoms with E-state index in [0.717, 1.165) is 5.56 Å². The Morgan fingerprint density at radius 2 is 1.60 bits per heavy atom. The van der Waals surface area contributed by atoms with E-state index >= 15 is 0 Å². The average Bonchev–Trinajstić information content (AvgIpc) is 2.53. The molecule has 0 bridgehead atoms. The summed E-state index contributed by atoms with van der Waals surface area (Å²) < 4.78 is 5.06. The van der Waals surface area contributed by atoms with E-state index in [1.54, 1.807) is 31.4 Å². The standard InChI is InChI=1S/C16H14Cl2O2/c1-20-13-9-7-12(8-10-13)16(19)15(18)14(17)11-5-3-2-4-6-11/h2-10,14-15H,1H3/t14-,15+/m0/s1. The van der Waals surface area contributed by atoms with Gasteiger partial charge < -0.3 is 4.74 Å². The second-order valence-electron chi connectivity index (χ2n) is 4.31. The Bertz CT molecular complexity index is 567. The molecule has 0 heterocycles. The van der Waals surface area contributed by atoms with Crippen molar-refractivity contribution in [3.8, 4) is 5.75 Å². The Labute approximate surface area is 128 Å². The molecule has 0 spiro atoms. The molecule has 2 aromatic carbocycles. The fourth-order valence-corrected chi connectivity index (χ4v) is 2.38. The van der Waals surface area contributed by atoms with Gasteiger partial charge in [-0.3, -0.25) is 4.79 Å². The van der Waals surface area contributed by atoms with Gasteiger partial charge in [-0.25, -0.2) is 0 Å². The second-order valence-corrected chi connectivity index (χ2v) is 5.25. The van der Waals surface area contributed by atoms with Crippen LogP contribution in [0.4, 0.5) is 0 Å². The van der Waals surface area contributed by atoms with Gasteiger partial charge in [0.25, 0.3) is 0 Å². The molecule has 0 aliphatic heterocycles. The fourth-order valence-electron chi connectivity index (χ4n) is 1.85. The molecule has 0 aliphatic carbocycles. The molecule has 2 atom stereocenters. The number of carbonyl (C=O) groups excluding carboxylic acids is 1. The molecule has 0 aromatic heterocycles. The van der Waals surface area contributed by atoms with E-state index in [-0.39, 0.29) is 5.78 Å². The van der Waals surface area contributed by atoms with E-state index < -0.39 is 10.8 Å². The van der Waals surface area contributed by atoms with Gasteiger partial charge in [0.05, 0.1) is 12.5 Å². The minimum absolute atomic E-state index is 0.196. The number of hydrogen-bond acceptors (Lipinski definition) is 2. The van der Waals surface area contributed by atoms with Crippen LogP contribution in [0.1, 0.15) is 21.3 Å². The molecule has 20 heavy (non-hydrogen) atoms. The third kappa shape index (κ3) is 3.33. The normalized spacial score (nSPS) is 13.6. The lowest BCUT2D eigenvalue weighted by molar-refractivity contribution is 0.0985. The summed E-state index contributed by atoms with van der Waals surface area (Å²) in [7, 11) is 1.57. The number of carbonyl (C=O) groups is 1. The first-order valence-corrected chi connectivity index (χ1v) is 7.02. The zero-order chi connectivity index (χ0) is 14.5. The van der Waals surface area contributed by atoms with Gasteiger partial charge in [0.1, 0.15) is 11.1 Å². The van der Waals surface area contributed by atoms with E-state index in [0.29, 0.717) is 11.3 Å². The van der Waals surface area contributed by atoms with Crippen LogP contribution < -0.4 is 4.74 Å². The van der Waals surface area contributed by atoms with Crippen molar-refractivity contribution in [3.63, 3.8) is 0 Å². The van der Waals surface area contributed by atoms with Crippen LogP contribution in [0.5, 0.6) is 5.75 Å². The van der Waals surface area contributed by atoms with Crippen molar-refractivity contribution in [1.82, 2.24) is 0 Å². The summed E-state index contributed by atoms with van der Waals surface area (Å²) >= 11 is 12.5. The van der Waals surface area contributed by atoms with Gasteiger partial charge >= 0.3 is 0 Å². The highest BCUT2D eigenvalue weighted by molar-refractivity contribution is 6.39. The molecule has 2 rings (SSSR count). The molecule has 0 unspecified atom stereocenters. The van der Waals surface area contributed by atoms with E-state index in [1.165, 1.54) is 0 Å². The molecule has 0 radical (unpaired) electrons. The van der Waals surface area contributed by atoms with Crippen molar-refractivity contribution < 1.29 is 9.53 Å². The molecule has 0 amide bonds. The number of Topliss-reactive ketones (excluding diaryl/α,β-unsaturated/α-hetero) is 1. The lowest BCUT2D eigenvalue weighted by atomic mass is 10.0. The second kappa shape index (κ2) is 6.78. The van der Waals surface area contributed by atoms with Crippen LogP contribution in [-0.2, 0) is 0 Å². The molecule has 2 aromatic rings. The summed E-state index contributed by atoms with van der Waals surface area (Å²) in [6.45, 7) is 0. The number of ether oxygens (including phenoxy) is 1. The van der Waals surface area contributed by atoms with Gasteiger partial charge in [-0.2, -0.15) is 0 Å². The van der Waals surface area contributed by atoms with Gasteiger partial charge in [-0.05, 0) is 29.8 Å². The zero-order valence-corrected chi connectivity index (χ0v) is 12.4. The Balaban J connectivity index is 2.15. The monoisotopic (exact) mass is 308 g/mol. The minimum Gasteiger partial charge on any atom is -0.497 e. The zero-order valence-electron chi connectivity index (χ0n) is 10.9. The summed E-state index contributed by atoms with van der Waals surface area (Å²) in [5.41, 5.74) is 1.35. The number of rotatable bonds is 5. The number of ketones is 1. The van der Waals surface area contributed by atoms with Gasteiger partial charge in [-0.15, -0.1) is 23.2 Å². The third-order valence-electron chi connectivity index (χ3n) is 3.00. The molecule has 0 N–H and O–H groups in total. The lowest BCUT2D eigenvalue weighted by Crippen LogP contribution is -2.20. The smallest absolute Gasteiger partial charge is 0.182 e. The summed E-state index contributed by atoms with van der Waals surface area (Å²) in [6, 6.07) is 16.2. The van der Waals surface area contributed by atoms with Crippen molar-refractivity contribution >= 4 is 29.0 Å². The SMILES string of the molecule is COc1ccc(C(=O)[C@H](Cl)[C@@H](Cl)c2ccccc2)cc1. The Hall–Kier alpha value is -1.51. The molecular formula is C16H14Cl2O2. The highest BCUT2D eigenvalue weighted by Crippen LogP contribution is 2.30. The highest BCUT2D eigenvalue weighted by atomic mass is 35.5. The maximum Gasteiger partial charge on any atom is 0.182 e. The summed E-state index contributed by atoms with van der Waals surface area (Å²) in [6.07, 6.45) is 0. The predicted molar refractivity (Wildman–Crippen MR) is 82.0 cm³/mol. The molecule has 104 valence electrons. The molecule has 2 nitrogen and oxygen atoms in total. The fraction of sp³-hybridized carbons (Fsp3) is 0.188. The topological polar surface area (TPSA) is 26.3 Å². The molecule has 4 heteroatoms. The van der Waals surface area contributed by atoms with Gasteiger partial charge in [-0.1, -0.05) is 30.3 Å². The molecular weight excluding hydrogens is 295 g/mol. The summed E-state index contributed by atoms with van der Waals surface area (Å²) in [5.74, 6) is 0.497. The first-order chi connectivity index (χ1) is 9.63. The van der Waals surface area contributed by atoms with Crippen molar-refractivity contribution in [2.45, 2.75) is 10.8 Å². The molecule has 0 saturated carbocycles. The predicted octanol–water partition coefficient (Wildman–Crippen LogP) is 4.47. The van der Waals surface area contributed by atoms with Crippen LogP contribution >= 0.6 is 23.2 Å². The van der Waals surface area contributed by atoms with Gasteiger partial charge in [0.2, 0.25) is 0 Å². The lowest BCUT2D eigenvalue weighted by Gasteiger charge is -2.15. The third-order valence-corrected chi connectivity index (χ3v) is 4.08. The maximum absolute atomic E-state index is 12.3. The van der Waals surface area contributed by atoms with Crippen molar-refractivity contribution in [3.05, 3.63) is 65.7 Å². The van der Waals surface area contributed by atoms with Crippen molar-refractivity contribution in [2.24, 2.45) is 0 Å². The summed E-state index contributed by atoms with van der Waals surface area (Å²) in [5, 5.41) is -1.38. The Kier molecular flexibility index (Phi) is 5.05. The van der Waals surface area contributed by atoms with E-state index in [1.807, 2.05) is 30.3 Å². The van der Waals surface area contributed by atoms with E-state index in [2.05, 4.69) is 0 Å². The quantitative estimate of drug-likeness (QED) is 0.602. The molecule has 0 saturated heterocycles. The van der Waals surface area contributed by atoms with Crippen molar-refractivity contribution in [1.29, 1.82) is 0 Å².